The zero-order valence-electron chi connectivity index (χ0n) is 16.7. The molecular weight excluding hydrogens is 389 g/mol. The van der Waals surface area contributed by atoms with E-state index in [4.69, 9.17) is 4.74 Å². The summed E-state index contributed by atoms with van der Waals surface area (Å²) in [4.78, 5) is 24.0. The smallest absolute Gasteiger partial charge is 0.416 e. The Balaban J connectivity index is 2.03. The van der Waals surface area contributed by atoms with E-state index in [9.17, 15) is 22.8 Å². The molecule has 0 bridgehead atoms. The van der Waals surface area contributed by atoms with Gasteiger partial charge in [-0.2, -0.15) is 13.2 Å². The molecule has 0 saturated carbocycles. The summed E-state index contributed by atoms with van der Waals surface area (Å²) >= 11 is 0. The van der Waals surface area contributed by atoms with E-state index in [-0.39, 0.29) is 36.3 Å². The SMILES string of the molecule is CC(C)(C)OC(=O)Nc1ccc(C(F)(F)F)cc1CNCC(=O)N[C@@H]1CCNC1. The number of amides is 2. The van der Waals surface area contributed by atoms with Crippen LogP contribution >= 0.6 is 0 Å². The summed E-state index contributed by atoms with van der Waals surface area (Å²) in [6.45, 7) is 6.48. The number of anilines is 1. The van der Waals surface area contributed by atoms with Crippen molar-refractivity contribution in [3.8, 4) is 0 Å². The molecule has 1 aliphatic rings. The lowest BCUT2D eigenvalue weighted by atomic mass is 10.1. The third-order valence-corrected chi connectivity index (χ3v) is 4.09. The number of halogens is 3. The fourth-order valence-electron chi connectivity index (χ4n) is 2.82. The molecular formula is C19H27F3N4O3. The number of hydrogen-bond acceptors (Lipinski definition) is 5. The lowest BCUT2D eigenvalue weighted by Gasteiger charge is -2.21. The molecule has 1 saturated heterocycles. The minimum absolute atomic E-state index is 0.0363. The molecule has 162 valence electrons. The summed E-state index contributed by atoms with van der Waals surface area (Å²) in [7, 11) is 0. The van der Waals surface area contributed by atoms with Crippen LogP contribution in [0.25, 0.3) is 0 Å². The van der Waals surface area contributed by atoms with Crippen LogP contribution in [0.1, 0.15) is 38.3 Å². The van der Waals surface area contributed by atoms with Crippen LogP contribution in [0.5, 0.6) is 0 Å². The van der Waals surface area contributed by atoms with E-state index in [2.05, 4.69) is 21.3 Å². The molecule has 0 aliphatic carbocycles. The van der Waals surface area contributed by atoms with Gasteiger partial charge in [0.2, 0.25) is 5.91 Å². The summed E-state index contributed by atoms with van der Waals surface area (Å²) in [5.41, 5.74) is -1.21. The van der Waals surface area contributed by atoms with Gasteiger partial charge in [0, 0.05) is 24.8 Å². The van der Waals surface area contributed by atoms with Crippen molar-refractivity contribution in [1.29, 1.82) is 0 Å². The Morgan fingerprint density at radius 1 is 1.24 bits per heavy atom. The van der Waals surface area contributed by atoms with Crippen molar-refractivity contribution in [2.45, 2.75) is 51.6 Å². The number of rotatable bonds is 6. The molecule has 7 nitrogen and oxygen atoms in total. The third kappa shape index (κ3) is 7.90. The van der Waals surface area contributed by atoms with Crippen molar-refractivity contribution in [2.24, 2.45) is 0 Å². The monoisotopic (exact) mass is 416 g/mol. The molecule has 1 fully saturated rings. The Morgan fingerprint density at radius 2 is 1.97 bits per heavy atom. The molecule has 2 rings (SSSR count). The molecule has 0 aromatic heterocycles. The standard InChI is InChI=1S/C19H27F3N4O3/c1-18(2,3)29-17(28)26-15-5-4-13(19(20,21)22)8-12(15)9-24-11-16(27)25-14-6-7-23-10-14/h4-5,8,14,23-24H,6-7,9-11H2,1-3H3,(H,25,27)(H,26,28)/t14-/m1/s1. The maximum absolute atomic E-state index is 13.1. The molecule has 1 atom stereocenters. The maximum Gasteiger partial charge on any atom is 0.416 e. The van der Waals surface area contributed by atoms with Crippen LogP contribution in [0.2, 0.25) is 0 Å². The highest BCUT2D eigenvalue weighted by Crippen LogP contribution is 2.32. The highest BCUT2D eigenvalue weighted by atomic mass is 19.4. The van der Waals surface area contributed by atoms with E-state index in [1.807, 2.05) is 0 Å². The maximum atomic E-state index is 13.1. The van der Waals surface area contributed by atoms with Crippen LogP contribution in [0, 0.1) is 0 Å². The van der Waals surface area contributed by atoms with Crippen LogP contribution < -0.4 is 21.3 Å². The summed E-state index contributed by atoms with van der Waals surface area (Å²) in [6.07, 6.45) is -4.46. The van der Waals surface area contributed by atoms with E-state index in [0.29, 0.717) is 6.54 Å². The number of carbonyl (C=O) groups excluding carboxylic acids is 2. The van der Waals surface area contributed by atoms with Gasteiger partial charge in [-0.25, -0.2) is 4.79 Å². The predicted molar refractivity (Wildman–Crippen MR) is 102 cm³/mol. The van der Waals surface area contributed by atoms with Crippen molar-refractivity contribution in [3.05, 3.63) is 29.3 Å². The van der Waals surface area contributed by atoms with E-state index in [1.54, 1.807) is 20.8 Å². The molecule has 0 spiro atoms. The molecule has 1 heterocycles. The van der Waals surface area contributed by atoms with Gasteiger partial charge >= 0.3 is 12.3 Å². The number of hydrogen-bond donors (Lipinski definition) is 4. The molecule has 2 amide bonds. The second-order valence-electron chi connectivity index (χ2n) is 7.86. The number of alkyl halides is 3. The van der Waals surface area contributed by atoms with Crippen LogP contribution in [-0.4, -0.2) is 43.3 Å². The predicted octanol–water partition coefficient (Wildman–Crippen LogP) is 2.62. The lowest BCUT2D eigenvalue weighted by Crippen LogP contribution is -2.41. The molecule has 10 heteroatoms. The molecule has 1 aromatic rings. The normalized spacial score (nSPS) is 17.1. The van der Waals surface area contributed by atoms with Crippen molar-refractivity contribution in [2.75, 3.05) is 25.0 Å². The van der Waals surface area contributed by atoms with E-state index < -0.39 is 23.4 Å². The van der Waals surface area contributed by atoms with Crippen LogP contribution in [0.15, 0.2) is 18.2 Å². The summed E-state index contributed by atoms with van der Waals surface area (Å²) in [5, 5.41) is 11.3. The highest BCUT2D eigenvalue weighted by Gasteiger charge is 2.31. The van der Waals surface area contributed by atoms with Crippen LogP contribution in [-0.2, 0) is 22.3 Å². The average Bonchev–Trinajstić information content (AvgIpc) is 3.06. The topological polar surface area (TPSA) is 91.5 Å². The van der Waals surface area contributed by atoms with Gasteiger partial charge in [0.25, 0.3) is 0 Å². The quantitative estimate of drug-likeness (QED) is 0.572. The Morgan fingerprint density at radius 3 is 2.55 bits per heavy atom. The van der Waals surface area contributed by atoms with Crippen molar-refractivity contribution < 1.29 is 27.5 Å². The fraction of sp³-hybridized carbons (Fsp3) is 0.579. The highest BCUT2D eigenvalue weighted by molar-refractivity contribution is 5.86. The first-order valence-electron chi connectivity index (χ1n) is 9.35. The van der Waals surface area contributed by atoms with E-state index >= 15 is 0 Å². The molecule has 1 aromatic carbocycles. The number of ether oxygens (including phenoxy) is 1. The van der Waals surface area contributed by atoms with Crippen LogP contribution in [0.3, 0.4) is 0 Å². The van der Waals surface area contributed by atoms with Gasteiger partial charge in [-0.1, -0.05) is 0 Å². The zero-order chi connectivity index (χ0) is 21.7. The fourth-order valence-corrected chi connectivity index (χ4v) is 2.82. The first-order chi connectivity index (χ1) is 13.4. The molecule has 1 aliphatic heterocycles. The molecule has 4 N–H and O–H groups in total. The van der Waals surface area contributed by atoms with Gasteiger partial charge in [0.05, 0.1) is 12.1 Å². The van der Waals surface area contributed by atoms with Crippen LogP contribution in [0.4, 0.5) is 23.7 Å². The van der Waals surface area contributed by atoms with Gasteiger partial charge < -0.3 is 20.7 Å². The first-order valence-corrected chi connectivity index (χ1v) is 9.35. The summed E-state index contributed by atoms with van der Waals surface area (Å²) in [5.74, 6) is -0.243. The third-order valence-electron chi connectivity index (χ3n) is 4.09. The van der Waals surface area contributed by atoms with Crippen molar-refractivity contribution in [1.82, 2.24) is 16.0 Å². The Kier molecular flexibility index (Phi) is 7.48. The van der Waals surface area contributed by atoms with Gasteiger partial charge in [-0.05, 0) is 57.5 Å². The number of nitrogens with one attached hydrogen (secondary N) is 4. The zero-order valence-corrected chi connectivity index (χ0v) is 16.7. The minimum Gasteiger partial charge on any atom is -0.444 e. The summed E-state index contributed by atoms with van der Waals surface area (Å²) in [6, 6.07) is 3.06. The number of carbonyl (C=O) groups is 2. The van der Waals surface area contributed by atoms with Gasteiger partial charge in [0.1, 0.15) is 5.60 Å². The molecule has 29 heavy (non-hydrogen) atoms. The minimum atomic E-state index is -4.52. The van der Waals surface area contributed by atoms with Crippen molar-refractivity contribution in [3.63, 3.8) is 0 Å². The van der Waals surface area contributed by atoms with Gasteiger partial charge in [0.15, 0.2) is 0 Å². The summed E-state index contributed by atoms with van der Waals surface area (Å²) < 4.78 is 44.3. The van der Waals surface area contributed by atoms with Gasteiger partial charge in [-0.15, -0.1) is 0 Å². The Bertz CT molecular complexity index is 726. The largest absolute Gasteiger partial charge is 0.444 e. The van der Waals surface area contributed by atoms with E-state index in [0.717, 1.165) is 25.1 Å². The number of benzene rings is 1. The van der Waals surface area contributed by atoms with Gasteiger partial charge in [-0.3, -0.25) is 10.1 Å². The second-order valence-corrected chi connectivity index (χ2v) is 7.86. The average molecular weight is 416 g/mol. The van der Waals surface area contributed by atoms with Crippen molar-refractivity contribution >= 4 is 17.7 Å². The Labute approximate surface area is 167 Å². The van der Waals surface area contributed by atoms with E-state index in [1.165, 1.54) is 6.07 Å². The molecule has 0 unspecified atom stereocenters. The molecule has 0 radical (unpaired) electrons. The lowest BCUT2D eigenvalue weighted by molar-refractivity contribution is -0.137. The first kappa shape index (κ1) is 23.0. The Hall–Kier alpha value is -2.33. The second kappa shape index (κ2) is 9.45.